The van der Waals surface area contributed by atoms with Gasteiger partial charge in [0.25, 0.3) is 11.7 Å². The highest BCUT2D eigenvalue weighted by Crippen LogP contribution is 2.28. The van der Waals surface area contributed by atoms with Gasteiger partial charge in [0.05, 0.1) is 11.1 Å². The van der Waals surface area contributed by atoms with Crippen LogP contribution in [0.3, 0.4) is 0 Å². The number of non-ortho nitro benzene ring substituents is 1. The Morgan fingerprint density at radius 1 is 1.00 bits per heavy atom. The van der Waals surface area contributed by atoms with Gasteiger partial charge in [0, 0.05) is 54.6 Å². The van der Waals surface area contributed by atoms with E-state index in [1.165, 1.54) is 18.6 Å². The fraction of sp³-hybridized carbons (Fsp3) is 0.423. The Kier molecular flexibility index (Phi) is 6.94. The lowest BCUT2D eigenvalue weighted by Crippen LogP contribution is -2.54. The van der Waals surface area contributed by atoms with E-state index in [2.05, 4.69) is 20.5 Å². The van der Waals surface area contributed by atoms with E-state index < -0.39 is 0 Å². The topological polar surface area (TPSA) is 96.5 Å². The Balaban J connectivity index is 1.21. The van der Waals surface area contributed by atoms with Gasteiger partial charge in [-0.3, -0.25) is 10.1 Å². The number of halogens is 1. The summed E-state index contributed by atoms with van der Waals surface area (Å²) in [6.45, 7) is 1.82. The van der Waals surface area contributed by atoms with Crippen LogP contribution in [0.25, 0.3) is 11.3 Å². The van der Waals surface area contributed by atoms with Gasteiger partial charge in [-0.1, -0.05) is 12.8 Å². The summed E-state index contributed by atoms with van der Waals surface area (Å²) in [4.78, 5) is 17.3. The van der Waals surface area contributed by atoms with Crippen LogP contribution < -0.4 is 15.5 Å². The minimum Gasteiger partial charge on any atom is -0.424 e. The van der Waals surface area contributed by atoms with Gasteiger partial charge in [-0.15, -0.1) is 0 Å². The summed E-state index contributed by atoms with van der Waals surface area (Å²) in [5.74, 6) is 0.330. The van der Waals surface area contributed by atoms with Crippen LogP contribution in [-0.4, -0.2) is 41.1 Å². The van der Waals surface area contributed by atoms with Gasteiger partial charge >= 0.3 is 0 Å². The second-order valence-electron chi connectivity index (χ2n) is 9.40. The van der Waals surface area contributed by atoms with Crippen molar-refractivity contribution in [2.24, 2.45) is 0 Å². The summed E-state index contributed by atoms with van der Waals surface area (Å²) in [7, 11) is 0. The van der Waals surface area contributed by atoms with E-state index in [0.29, 0.717) is 23.9 Å². The number of hydrogen-bond acceptors (Lipinski definition) is 7. The van der Waals surface area contributed by atoms with E-state index in [4.69, 9.17) is 4.42 Å². The molecule has 1 unspecified atom stereocenters. The maximum absolute atomic E-state index is 13.2. The molecule has 0 radical (unpaired) electrons. The molecule has 3 aromatic rings. The molecule has 2 aliphatic rings. The number of nitrogens with zero attached hydrogens (tertiary/aromatic N) is 3. The number of rotatable bonds is 7. The van der Waals surface area contributed by atoms with Crippen molar-refractivity contribution in [1.29, 1.82) is 0 Å². The molecule has 8 nitrogen and oxygen atoms in total. The van der Waals surface area contributed by atoms with Gasteiger partial charge in [0.1, 0.15) is 5.82 Å². The van der Waals surface area contributed by atoms with Crippen molar-refractivity contribution in [1.82, 2.24) is 10.3 Å². The first-order valence-corrected chi connectivity index (χ1v) is 12.3. The molecule has 184 valence electrons. The third-order valence-electron chi connectivity index (χ3n) is 7.01. The average molecular weight is 480 g/mol. The van der Waals surface area contributed by atoms with Gasteiger partial charge in [0.2, 0.25) is 0 Å². The van der Waals surface area contributed by atoms with Gasteiger partial charge in [-0.2, -0.15) is 0 Å². The summed E-state index contributed by atoms with van der Waals surface area (Å²) in [6, 6.07) is 14.4. The smallest absolute Gasteiger partial charge is 0.295 e. The standard InChI is InChI=1S/C26H30FN5O3/c27-19-9-7-18(8-10-19)25-16-28-26(35-25)30-24-6-2-1-5-23(24)29-20-4-3-15-31(17-20)21-11-13-22(14-12-21)32(33)34/h7-14,16,20,23-24,29H,1-6,15,17H2,(H,28,30)/t20?,23-,24-/m1/s1. The van der Waals surface area contributed by atoms with E-state index in [9.17, 15) is 14.5 Å². The molecule has 35 heavy (non-hydrogen) atoms. The third-order valence-corrected chi connectivity index (χ3v) is 7.01. The van der Waals surface area contributed by atoms with Crippen molar-refractivity contribution < 1.29 is 13.7 Å². The molecule has 2 N–H and O–H groups in total. The molecule has 2 heterocycles. The van der Waals surface area contributed by atoms with Gasteiger partial charge in [-0.25, -0.2) is 9.37 Å². The molecular weight excluding hydrogens is 449 g/mol. The predicted octanol–water partition coefficient (Wildman–Crippen LogP) is 5.37. The van der Waals surface area contributed by atoms with Crippen molar-refractivity contribution in [3.63, 3.8) is 0 Å². The van der Waals surface area contributed by atoms with Crippen LogP contribution in [-0.2, 0) is 0 Å². The second-order valence-corrected chi connectivity index (χ2v) is 9.40. The van der Waals surface area contributed by atoms with Crippen LogP contribution in [0.4, 0.5) is 21.8 Å². The van der Waals surface area contributed by atoms with Gasteiger partial charge in [0.15, 0.2) is 5.76 Å². The van der Waals surface area contributed by atoms with Crippen molar-refractivity contribution in [3.05, 3.63) is 70.7 Å². The molecule has 9 heteroatoms. The Morgan fingerprint density at radius 2 is 1.74 bits per heavy atom. The SMILES string of the molecule is O=[N+]([O-])c1ccc(N2CCCC(N[C@@H]3CCCC[C@H]3Nc3ncc(-c4ccc(F)cc4)o3)C2)cc1. The Labute approximate surface area is 203 Å². The molecule has 1 saturated carbocycles. The highest BCUT2D eigenvalue weighted by molar-refractivity contribution is 5.57. The van der Waals surface area contributed by atoms with Crippen molar-refractivity contribution in [3.8, 4) is 11.3 Å². The molecule has 3 atom stereocenters. The van der Waals surface area contributed by atoms with E-state index >= 15 is 0 Å². The first-order valence-electron chi connectivity index (χ1n) is 12.3. The first kappa shape index (κ1) is 23.3. The van der Waals surface area contributed by atoms with Crippen LogP contribution in [0.2, 0.25) is 0 Å². The lowest BCUT2D eigenvalue weighted by Gasteiger charge is -2.40. The number of anilines is 2. The quantitative estimate of drug-likeness (QED) is 0.347. The summed E-state index contributed by atoms with van der Waals surface area (Å²) in [5, 5.41) is 18.3. The van der Waals surface area contributed by atoms with Crippen molar-refractivity contribution >= 4 is 17.4 Å². The summed E-state index contributed by atoms with van der Waals surface area (Å²) in [6.07, 6.45) is 8.29. The monoisotopic (exact) mass is 479 g/mol. The van der Waals surface area contributed by atoms with Crippen molar-refractivity contribution in [2.45, 2.75) is 56.7 Å². The van der Waals surface area contributed by atoms with Gasteiger partial charge < -0.3 is 20.0 Å². The zero-order valence-corrected chi connectivity index (χ0v) is 19.5. The molecule has 0 spiro atoms. The highest BCUT2D eigenvalue weighted by Gasteiger charge is 2.30. The average Bonchev–Trinajstić information content (AvgIpc) is 3.34. The van der Waals surface area contributed by atoms with E-state index in [1.807, 2.05) is 12.1 Å². The molecular formula is C26H30FN5O3. The molecule has 1 saturated heterocycles. The highest BCUT2D eigenvalue weighted by atomic mass is 19.1. The molecule has 2 aromatic carbocycles. The number of nitro benzene ring substituents is 1. The van der Waals surface area contributed by atoms with Crippen LogP contribution >= 0.6 is 0 Å². The number of aromatic nitrogens is 1. The number of nitro groups is 1. The number of piperidine rings is 1. The Bertz CT molecular complexity index is 1130. The largest absolute Gasteiger partial charge is 0.424 e. The second kappa shape index (κ2) is 10.4. The van der Waals surface area contributed by atoms with E-state index in [0.717, 1.165) is 56.4 Å². The van der Waals surface area contributed by atoms with Crippen molar-refractivity contribution in [2.75, 3.05) is 23.3 Å². The molecule has 5 rings (SSSR count). The molecule has 2 fully saturated rings. The summed E-state index contributed by atoms with van der Waals surface area (Å²) in [5.41, 5.74) is 1.93. The first-order chi connectivity index (χ1) is 17.0. The zero-order valence-electron chi connectivity index (χ0n) is 19.5. The summed E-state index contributed by atoms with van der Waals surface area (Å²) >= 11 is 0. The van der Waals surface area contributed by atoms with E-state index in [-0.39, 0.29) is 22.5 Å². The molecule has 1 aliphatic carbocycles. The molecule has 1 aliphatic heterocycles. The Morgan fingerprint density at radius 3 is 2.49 bits per heavy atom. The number of benzene rings is 2. The fourth-order valence-electron chi connectivity index (χ4n) is 5.19. The lowest BCUT2D eigenvalue weighted by atomic mass is 9.89. The third kappa shape index (κ3) is 5.62. The van der Waals surface area contributed by atoms with Crippen LogP contribution in [0.5, 0.6) is 0 Å². The van der Waals surface area contributed by atoms with Crippen LogP contribution in [0.15, 0.2) is 59.1 Å². The normalized spacial score (nSPS) is 22.7. The maximum Gasteiger partial charge on any atom is 0.295 e. The minimum atomic E-state index is -0.364. The maximum atomic E-state index is 13.2. The number of oxazole rings is 1. The zero-order chi connectivity index (χ0) is 24.2. The summed E-state index contributed by atoms with van der Waals surface area (Å²) < 4.78 is 19.1. The fourth-order valence-corrected chi connectivity index (χ4v) is 5.19. The van der Waals surface area contributed by atoms with Crippen LogP contribution in [0.1, 0.15) is 38.5 Å². The Hall–Kier alpha value is -3.46. The molecule has 1 aromatic heterocycles. The lowest BCUT2D eigenvalue weighted by molar-refractivity contribution is -0.384. The van der Waals surface area contributed by atoms with E-state index in [1.54, 1.807) is 30.5 Å². The van der Waals surface area contributed by atoms with Gasteiger partial charge in [-0.05, 0) is 62.1 Å². The number of hydrogen-bond donors (Lipinski definition) is 2. The predicted molar refractivity (Wildman–Crippen MR) is 133 cm³/mol. The van der Waals surface area contributed by atoms with Crippen LogP contribution in [0, 0.1) is 15.9 Å². The minimum absolute atomic E-state index is 0.116. The molecule has 0 bridgehead atoms. The molecule has 0 amide bonds. The number of nitrogens with one attached hydrogen (secondary N) is 2.